The molecule has 0 saturated carbocycles. The number of carboxylic acids is 1. The van der Waals surface area contributed by atoms with Crippen LogP contribution in [0, 0.1) is 0 Å². The molecule has 0 unspecified atom stereocenters. The minimum absolute atomic E-state index is 0.0408. The van der Waals surface area contributed by atoms with Crippen LogP contribution in [-0.2, 0) is 11.2 Å². The first-order valence-corrected chi connectivity index (χ1v) is 4.47. The van der Waals surface area contributed by atoms with Crippen LogP contribution in [0.3, 0.4) is 0 Å². The monoisotopic (exact) mass is 203 g/mol. The average molecular weight is 203 g/mol. The third-order valence-electron chi connectivity index (χ3n) is 2.04. The van der Waals surface area contributed by atoms with Gasteiger partial charge < -0.3 is 9.63 Å². The highest BCUT2D eigenvalue weighted by Crippen LogP contribution is 2.17. The lowest BCUT2D eigenvalue weighted by atomic mass is 10.1. The van der Waals surface area contributed by atoms with Crippen LogP contribution in [-0.4, -0.2) is 16.2 Å². The molecule has 0 fully saturated rings. The summed E-state index contributed by atoms with van der Waals surface area (Å²) in [5, 5.41) is 12.4. The van der Waals surface area contributed by atoms with Crippen LogP contribution < -0.4 is 0 Å². The highest BCUT2D eigenvalue weighted by Gasteiger charge is 2.03. The van der Waals surface area contributed by atoms with E-state index in [2.05, 4.69) is 5.16 Å². The summed E-state index contributed by atoms with van der Waals surface area (Å²) in [4.78, 5) is 10.5. The number of hydrogen-bond donors (Lipinski definition) is 1. The number of aromatic nitrogens is 1. The molecular formula is C11H9NO3. The van der Waals surface area contributed by atoms with Gasteiger partial charge in [0.1, 0.15) is 12.0 Å². The highest BCUT2D eigenvalue weighted by atomic mass is 16.5. The van der Waals surface area contributed by atoms with Crippen molar-refractivity contribution in [1.29, 1.82) is 0 Å². The summed E-state index contributed by atoms with van der Waals surface area (Å²) in [7, 11) is 0. The Morgan fingerprint density at radius 1 is 1.27 bits per heavy atom. The van der Waals surface area contributed by atoms with E-state index in [0.717, 1.165) is 16.8 Å². The maximum absolute atomic E-state index is 10.5. The molecule has 76 valence electrons. The van der Waals surface area contributed by atoms with E-state index in [1.54, 1.807) is 18.2 Å². The Balaban J connectivity index is 2.21. The highest BCUT2D eigenvalue weighted by molar-refractivity contribution is 5.70. The third kappa shape index (κ3) is 2.22. The van der Waals surface area contributed by atoms with Crippen molar-refractivity contribution in [3.8, 4) is 11.3 Å². The summed E-state index contributed by atoms with van der Waals surface area (Å²) in [6.45, 7) is 0. The smallest absolute Gasteiger partial charge is 0.307 e. The van der Waals surface area contributed by atoms with E-state index >= 15 is 0 Å². The number of aliphatic carboxylic acids is 1. The van der Waals surface area contributed by atoms with Gasteiger partial charge in [0.05, 0.1) is 6.42 Å². The standard InChI is InChI=1S/C11H9NO3/c13-11(14)7-8-1-3-9(4-2-8)10-5-6-15-12-10/h1-6H,7H2,(H,13,14). The topological polar surface area (TPSA) is 63.3 Å². The molecule has 1 aromatic carbocycles. The Labute approximate surface area is 86.1 Å². The summed E-state index contributed by atoms with van der Waals surface area (Å²) in [6.07, 6.45) is 1.54. The third-order valence-corrected chi connectivity index (χ3v) is 2.04. The predicted octanol–water partition coefficient (Wildman–Crippen LogP) is 1.97. The first kappa shape index (κ1) is 9.45. The van der Waals surface area contributed by atoms with Crippen LogP contribution in [0.15, 0.2) is 41.1 Å². The average Bonchev–Trinajstić information content (AvgIpc) is 2.71. The van der Waals surface area contributed by atoms with Crippen molar-refractivity contribution in [2.75, 3.05) is 0 Å². The van der Waals surface area contributed by atoms with Crippen molar-refractivity contribution in [1.82, 2.24) is 5.16 Å². The molecule has 15 heavy (non-hydrogen) atoms. The van der Waals surface area contributed by atoms with E-state index in [9.17, 15) is 4.79 Å². The second-order valence-corrected chi connectivity index (χ2v) is 3.15. The molecule has 0 aliphatic heterocycles. The largest absolute Gasteiger partial charge is 0.481 e. The summed E-state index contributed by atoms with van der Waals surface area (Å²) < 4.78 is 4.72. The fraction of sp³-hybridized carbons (Fsp3) is 0.0909. The number of carboxylic acid groups (broad SMARTS) is 1. The predicted molar refractivity (Wildman–Crippen MR) is 53.3 cm³/mol. The lowest BCUT2D eigenvalue weighted by Crippen LogP contribution is -1.99. The molecule has 0 amide bonds. The molecule has 1 heterocycles. The quantitative estimate of drug-likeness (QED) is 0.828. The van der Waals surface area contributed by atoms with Gasteiger partial charge in [0.2, 0.25) is 0 Å². The molecule has 0 bridgehead atoms. The van der Waals surface area contributed by atoms with Gasteiger partial charge >= 0.3 is 5.97 Å². The summed E-state index contributed by atoms with van der Waals surface area (Å²) in [6, 6.07) is 8.97. The Morgan fingerprint density at radius 3 is 2.53 bits per heavy atom. The first-order chi connectivity index (χ1) is 7.25. The molecular weight excluding hydrogens is 194 g/mol. The van der Waals surface area contributed by atoms with Crippen LogP contribution in [0.1, 0.15) is 5.56 Å². The molecule has 4 nitrogen and oxygen atoms in total. The van der Waals surface area contributed by atoms with E-state index < -0.39 is 5.97 Å². The van der Waals surface area contributed by atoms with Gasteiger partial charge in [-0.25, -0.2) is 0 Å². The van der Waals surface area contributed by atoms with E-state index in [-0.39, 0.29) is 6.42 Å². The molecule has 1 N–H and O–H groups in total. The van der Waals surface area contributed by atoms with Crippen LogP contribution >= 0.6 is 0 Å². The lowest BCUT2D eigenvalue weighted by Gasteiger charge is -1.98. The molecule has 0 aliphatic carbocycles. The van der Waals surface area contributed by atoms with Gasteiger partial charge in [-0.05, 0) is 5.56 Å². The Bertz CT molecular complexity index is 445. The number of benzene rings is 1. The molecule has 2 aromatic rings. The first-order valence-electron chi connectivity index (χ1n) is 4.47. The molecule has 0 aliphatic rings. The van der Waals surface area contributed by atoms with Gasteiger partial charge in [-0.2, -0.15) is 0 Å². The number of rotatable bonds is 3. The molecule has 0 spiro atoms. The second kappa shape index (κ2) is 3.96. The maximum Gasteiger partial charge on any atom is 0.307 e. The normalized spacial score (nSPS) is 10.1. The number of hydrogen-bond acceptors (Lipinski definition) is 3. The molecule has 0 saturated heterocycles. The van der Waals surface area contributed by atoms with Gasteiger partial charge in [-0.3, -0.25) is 4.79 Å². The molecule has 4 heteroatoms. The fourth-order valence-corrected chi connectivity index (χ4v) is 1.33. The molecule has 2 rings (SSSR count). The zero-order valence-electron chi connectivity index (χ0n) is 7.88. The van der Waals surface area contributed by atoms with Crippen LogP contribution in [0.4, 0.5) is 0 Å². The zero-order chi connectivity index (χ0) is 10.7. The molecule has 0 atom stereocenters. The van der Waals surface area contributed by atoms with Crippen LogP contribution in [0.2, 0.25) is 0 Å². The van der Waals surface area contributed by atoms with Gasteiger partial charge in [-0.15, -0.1) is 0 Å². The fourth-order valence-electron chi connectivity index (χ4n) is 1.33. The number of nitrogens with zero attached hydrogens (tertiary/aromatic N) is 1. The Kier molecular flexibility index (Phi) is 2.49. The van der Waals surface area contributed by atoms with Crippen molar-refractivity contribution < 1.29 is 14.4 Å². The van der Waals surface area contributed by atoms with Crippen molar-refractivity contribution in [3.05, 3.63) is 42.2 Å². The Morgan fingerprint density at radius 2 is 2.00 bits per heavy atom. The summed E-state index contributed by atoms with van der Waals surface area (Å²) >= 11 is 0. The molecule has 0 radical (unpaired) electrons. The van der Waals surface area contributed by atoms with Crippen LogP contribution in [0.5, 0.6) is 0 Å². The van der Waals surface area contributed by atoms with Gasteiger partial charge in [-0.1, -0.05) is 29.4 Å². The van der Waals surface area contributed by atoms with E-state index in [4.69, 9.17) is 9.63 Å². The van der Waals surface area contributed by atoms with E-state index in [1.807, 2.05) is 12.1 Å². The summed E-state index contributed by atoms with van der Waals surface area (Å²) in [5.74, 6) is -0.829. The van der Waals surface area contributed by atoms with Crippen LogP contribution in [0.25, 0.3) is 11.3 Å². The lowest BCUT2D eigenvalue weighted by molar-refractivity contribution is -0.136. The maximum atomic E-state index is 10.5. The summed E-state index contributed by atoms with van der Waals surface area (Å²) in [5.41, 5.74) is 2.43. The van der Waals surface area contributed by atoms with Crippen molar-refractivity contribution >= 4 is 5.97 Å². The van der Waals surface area contributed by atoms with E-state index in [1.165, 1.54) is 6.26 Å². The minimum atomic E-state index is -0.829. The van der Waals surface area contributed by atoms with Crippen molar-refractivity contribution in [2.24, 2.45) is 0 Å². The zero-order valence-corrected chi connectivity index (χ0v) is 7.88. The van der Waals surface area contributed by atoms with Crippen molar-refractivity contribution in [3.63, 3.8) is 0 Å². The van der Waals surface area contributed by atoms with Gasteiger partial charge in [0.25, 0.3) is 0 Å². The SMILES string of the molecule is O=C(O)Cc1ccc(-c2ccon2)cc1. The molecule has 1 aromatic heterocycles. The van der Waals surface area contributed by atoms with Gasteiger partial charge in [0, 0.05) is 11.6 Å². The Hall–Kier alpha value is -2.10. The van der Waals surface area contributed by atoms with Gasteiger partial charge in [0.15, 0.2) is 0 Å². The number of carbonyl (C=O) groups is 1. The minimum Gasteiger partial charge on any atom is -0.481 e. The van der Waals surface area contributed by atoms with Crippen molar-refractivity contribution in [2.45, 2.75) is 6.42 Å². The second-order valence-electron chi connectivity index (χ2n) is 3.15. The van der Waals surface area contributed by atoms with E-state index in [0.29, 0.717) is 0 Å².